The second kappa shape index (κ2) is 8.77. The number of benzene rings is 2. The zero-order chi connectivity index (χ0) is 24.7. The summed E-state index contributed by atoms with van der Waals surface area (Å²) < 4.78 is 19.5. The summed E-state index contributed by atoms with van der Waals surface area (Å²) in [7, 11) is 0. The maximum absolute atomic E-state index is 15.2. The highest BCUT2D eigenvalue weighted by Crippen LogP contribution is 2.33. The van der Waals surface area contributed by atoms with Crippen molar-refractivity contribution in [3.05, 3.63) is 93.3 Å². The van der Waals surface area contributed by atoms with Crippen LogP contribution in [-0.2, 0) is 13.1 Å². The van der Waals surface area contributed by atoms with Crippen molar-refractivity contribution >= 4 is 40.2 Å². The molecule has 3 heterocycles. The number of hydrogen-bond acceptors (Lipinski definition) is 7. The van der Waals surface area contributed by atoms with E-state index in [9.17, 15) is 20.0 Å². The summed E-state index contributed by atoms with van der Waals surface area (Å²) in [5.41, 5.74) is 2.34. The molecular formula is C25H18FN5O3S. The SMILES string of the molecule is CSNc1ccc(-n2cc(C(=O)O)c(=O)c3cc(C#N)c(N4Cc5cccnc5C4)cc32)c(F)c1. The van der Waals surface area contributed by atoms with Gasteiger partial charge in [0.2, 0.25) is 5.43 Å². The molecule has 1 aliphatic heterocycles. The molecule has 10 heteroatoms. The van der Waals surface area contributed by atoms with E-state index in [1.807, 2.05) is 17.0 Å². The lowest BCUT2D eigenvalue weighted by molar-refractivity contribution is 0.0695. The Hall–Kier alpha value is -4.36. The number of nitriles is 1. The van der Waals surface area contributed by atoms with Crippen LogP contribution in [-0.4, -0.2) is 26.9 Å². The molecule has 0 saturated heterocycles. The summed E-state index contributed by atoms with van der Waals surface area (Å²) in [4.78, 5) is 31.2. The Balaban J connectivity index is 1.76. The third-order valence-corrected chi connectivity index (χ3v) is 6.37. The van der Waals surface area contributed by atoms with Crippen molar-refractivity contribution in [1.29, 1.82) is 5.26 Å². The van der Waals surface area contributed by atoms with Crippen LogP contribution in [0.1, 0.15) is 27.2 Å². The van der Waals surface area contributed by atoms with E-state index < -0.39 is 22.8 Å². The van der Waals surface area contributed by atoms with Gasteiger partial charge >= 0.3 is 5.97 Å². The van der Waals surface area contributed by atoms with Gasteiger partial charge in [-0.3, -0.25) is 9.78 Å². The number of carboxylic acid groups (broad SMARTS) is 1. The molecule has 0 saturated carbocycles. The second-order valence-corrected chi connectivity index (χ2v) is 8.60. The van der Waals surface area contributed by atoms with Gasteiger partial charge in [0.15, 0.2) is 0 Å². The van der Waals surface area contributed by atoms with Gasteiger partial charge in [-0.05, 0) is 42.0 Å². The minimum atomic E-state index is -1.43. The van der Waals surface area contributed by atoms with Crippen molar-refractivity contribution in [2.75, 3.05) is 15.9 Å². The highest BCUT2D eigenvalue weighted by molar-refractivity contribution is 7.99. The lowest BCUT2D eigenvalue weighted by Crippen LogP contribution is -2.21. The van der Waals surface area contributed by atoms with Crippen LogP contribution in [0.25, 0.3) is 16.6 Å². The number of halogens is 1. The van der Waals surface area contributed by atoms with Gasteiger partial charge in [-0.2, -0.15) is 5.26 Å². The van der Waals surface area contributed by atoms with Gasteiger partial charge in [0.1, 0.15) is 17.4 Å². The van der Waals surface area contributed by atoms with Gasteiger partial charge < -0.3 is 19.3 Å². The monoisotopic (exact) mass is 487 g/mol. The number of nitrogens with one attached hydrogen (secondary N) is 1. The molecule has 0 radical (unpaired) electrons. The molecule has 2 N–H and O–H groups in total. The number of fused-ring (bicyclic) bond motifs is 2. The average Bonchev–Trinajstić information content (AvgIpc) is 3.28. The summed E-state index contributed by atoms with van der Waals surface area (Å²) in [5.74, 6) is -2.04. The van der Waals surface area contributed by atoms with Crippen molar-refractivity contribution in [1.82, 2.24) is 9.55 Å². The number of rotatable bonds is 5. The van der Waals surface area contributed by atoms with E-state index in [4.69, 9.17) is 0 Å². The van der Waals surface area contributed by atoms with Crippen LogP contribution >= 0.6 is 11.9 Å². The number of aromatic nitrogens is 2. The number of anilines is 2. The topological polar surface area (TPSA) is 111 Å². The molecule has 4 aromatic rings. The number of pyridine rings is 2. The Morgan fingerprint density at radius 3 is 2.74 bits per heavy atom. The zero-order valence-corrected chi connectivity index (χ0v) is 19.3. The zero-order valence-electron chi connectivity index (χ0n) is 18.4. The normalized spacial score (nSPS) is 12.4. The molecule has 0 fully saturated rings. The predicted octanol–water partition coefficient (Wildman–Crippen LogP) is 4.30. The maximum atomic E-state index is 15.2. The fourth-order valence-electron chi connectivity index (χ4n) is 4.32. The van der Waals surface area contributed by atoms with Crippen molar-refractivity contribution in [2.45, 2.75) is 13.1 Å². The van der Waals surface area contributed by atoms with Gasteiger partial charge in [-0.1, -0.05) is 18.0 Å². The molecule has 0 spiro atoms. The van der Waals surface area contributed by atoms with Crippen molar-refractivity contribution in [3.63, 3.8) is 0 Å². The van der Waals surface area contributed by atoms with E-state index >= 15 is 4.39 Å². The maximum Gasteiger partial charge on any atom is 0.341 e. The summed E-state index contributed by atoms with van der Waals surface area (Å²) in [6.45, 7) is 0.988. The van der Waals surface area contributed by atoms with Crippen LogP contribution in [0.4, 0.5) is 15.8 Å². The molecule has 174 valence electrons. The summed E-state index contributed by atoms with van der Waals surface area (Å²) in [6, 6.07) is 13.4. The lowest BCUT2D eigenvalue weighted by Gasteiger charge is -2.21. The number of carbonyl (C=O) groups is 1. The van der Waals surface area contributed by atoms with E-state index in [2.05, 4.69) is 15.8 Å². The molecule has 5 rings (SSSR count). The first kappa shape index (κ1) is 22.4. The largest absolute Gasteiger partial charge is 0.477 e. The van der Waals surface area contributed by atoms with E-state index in [-0.39, 0.29) is 16.6 Å². The van der Waals surface area contributed by atoms with E-state index in [0.717, 1.165) is 17.5 Å². The molecule has 0 amide bonds. The highest BCUT2D eigenvalue weighted by atomic mass is 32.2. The van der Waals surface area contributed by atoms with Gasteiger partial charge in [0.25, 0.3) is 0 Å². The number of nitrogens with zero attached hydrogens (tertiary/aromatic N) is 4. The number of aromatic carboxylic acids is 1. The Labute approximate surface area is 203 Å². The third kappa shape index (κ3) is 3.86. The molecular weight excluding hydrogens is 469 g/mol. The second-order valence-electron chi connectivity index (χ2n) is 7.98. The van der Waals surface area contributed by atoms with Gasteiger partial charge in [0, 0.05) is 36.3 Å². The summed E-state index contributed by atoms with van der Waals surface area (Å²) in [5, 5.41) is 19.5. The van der Waals surface area contributed by atoms with Crippen LogP contribution in [0, 0.1) is 17.1 Å². The molecule has 2 aromatic carbocycles. The van der Waals surface area contributed by atoms with Gasteiger partial charge in [-0.25, -0.2) is 9.18 Å². The molecule has 35 heavy (non-hydrogen) atoms. The standard InChI is InChI=1S/C25H18FN5O3S/c1-35-29-16-4-5-21(19(26)8-16)31-12-18(25(33)34)24(32)17-7-15(10-27)22(9-23(17)31)30-11-14-3-2-6-28-20(14)13-30/h2-9,12,29H,11,13H2,1H3,(H,33,34). The first-order valence-corrected chi connectivity index (χ1v) is 11.8. The minimum Gasteiger partial charge on any atom is -0.477 e. The smallest absolute Gasteiger partial charge is 0.341 e. The average molecular weight is 488 g/mol. The van der Waals surface area contributed by atoms with Gasteiger partial charge in [0.05, 0.1) is 34.7 Å². The van der Waals surface area contributed by atoms with Gasteiger partial charge in [-0.15, -0.1) is 0 Å². The first-order chi connectivity index (χ1) is 16.9. The Morgan fingerprint density at radius 1 is 1.23 bits per heavy atom. The van der Waals surface area contributed by atoms with E-state index in [1.54, 1.807) is 24.6 Å². The molecule has 0 bridgehead atoms. The van der Waals surface area contributed by atoms with E-state index in [0.29, 0.717) is 30.0 Å². The van der Waals surface area contributed by atoms with Crippen LogP contribution in [0.15, 0.2) is 59.7 Å². The molecule has 8 nitrogen and oxygen atoms in total. The van der Waals surface area contributed by atoms with Crippen molar-refractivity contribution in [2.24, 2.45) is 0 Å². The predicted molar refractivity (Wildman–Crippen MR) is 132 cm³/mol. The summed E-state index contributed by atoms with van der Waals surface area (Å²) >= 11 is 1.31. The Kier molecular flexibility index (Phi) is 5.62. The lowest BCUT2D eigenvalue weighted by atomic mass is 10.0. The third-order valence-electron chi connectivity index (χ3n) is 5.93. The quantitative estimate of drug-likeness (QED) is 0.401. The minimum absolute atomic E-state index is 0.0192. The van der Waals surface area contributed by atoms with Crippen LogP contribution < -0.4 is 15.1 Å². The number of hydrogen-bond donors (Lipinski definition) is 2. The van der Waals surface area contributed by atoms with Crippen LogP contribution in [0.2, 0.25) is 0 Å². The summed E-state index contributed by atoms with van der Waals surface area (Å²) in [6.07, 6.45) is 4.64. The molecule has 0 aliphatic carbocycles. The molecule has 1 aliphatic rings. The Morgan fingerprint density at radius 2 is 2.06 bits per heavy atom. The van der Waals surface area contributed by atoms with E-state index in [1.165, 1.54) is 34.7 Å². The fraction of sp³-hybridized carbons (Fsp3) is 0.120. The first-order valence-electron chi connectivity index (χ1n) is 10.5. The molecule has 0 unspecified atom stereocenters. The van der Waals surface area contributed by atoms with Crippen molar-refractivity contribution < 1.29 is 14.3 Å². The Bertz CT molecular complexity index is 1590. The molecule has 2 aromatic heterocycles. The fourth-order valence-corrected chi connectivity index (χ4v) is 4.68. The number of carboxylic acids is 1. The van der Waals surface area contributed by atoms with Crippen molar-refractivity contribution in [3.8, 4) is 11.8 Å². The molecule has 0 atom stereocenters. The van der Waals surface area contributed by atoms with Crippen LogP contribution in [0.3, 0.4) is 0 Å². The van der Waals surface area contributed by atoms with Crippen LogP contribution in [0.5, 0.6) is 0 Å². The highest BCUT2D eigenvalue weighted by Gasteiger charge is 2.25.